The summed E-state index contributed by atoms with van der Waals surface area (Å²) in [5.74, 6) is -0.175. The molecule has 1 aliphatic rings. The van der Waals surface area contributed by atoms with Gasteiger partial charge in [-0.05, 0) is 37.5 Å². The summed E-state index contributed by atoms with van der Waals surface area (Å²) in [5, 5.41) is 4.29. The van der Waals surface area contributed by atoms with Crippen molar-refractivity contribution >= 4 is 17.6 Å². The zero-order valence-corrected chi connectivity index (χ0v) is 12.9. The fourth-order valence-electron chi connectivity index (χ4n) is 3.02. The van der Waals surface area contributed by atoms with Crippen LogP contribution in [0.3, 0.4) is 0 Å². The van der Waals surface area contributed by atoms with Crippen LogP contribution in [0.4, 0.5) is 0 Å². The van der Waals surface area contributed by atoms with Crippen LogP contribution >= 0.6 is 11.6 Å². The molecule has 1 saturated carbocycles. The summed E-state index contributed by atoms with van der Waals surface area (Å²) >= 11 is 6.00. The van der Waals surface area contributed by atoms with E-state index in [-0.39, 0.29) is 17.4 Å². The first-order chi connectivity index (χ1) is 9.55. The summed E-state index contributed by atoms with van der Waals surface area (Å²) in [4.78, 5) is 12.0. The summed E-state index contributed by atoms with van der Waals surface area (Å²) in [6.07, 6.45) is 4.12. The Hall–Kier alpha value is -1.06. The van der Waals surface area contributed by atoms with Gasteiger partial charge in [0.1, 0.15) is 0 Å². The minimum Gasteiger partial charge on any atom is -0.469 e. The molecular formula is C16H22ClNO2. The van der Waals surface area contributed by atoms with E-state index < -0.39 is 0 Å². The van der Waals surface area contributed by atoms with Gasteiger partial charge in [0.15, 0.2) is 0 Å². The first kappa shape index (κ1) is 15.3. The number of nitrogens with one attached hydrogen (secondary N) is 1. The van der Waals surface area contributed by atoms with Gasteiger partial charge in [-0.25, -0.2) is 0 Å². The molecule has 0 spiro atoms. The number of carbonyl (C=O) groups excluding carboxylic acids is 1. The SMILES string of the molecule is COC(=O)[C@H]1CCCC[C@]1(C)NCc1cccc(Cl)c1. The molecule has 3 nitrogen and oxygen atoms in total. The van der Waals surface area contributed by atoms with Crippen LogP contribution in [-0.2, 0) is 16.1 Å². The topological polar surface area (TPSA) is 38.3 Å². The van der Waals surface area contributed by atoms with E-state index in [4.69, 9.17) is 16.3 Å². The molecule has 1 fully saturated rings. The number of carbonyl (C=O) groups is 1. The number of ether oxygens (including phenoxy) is 1. The molecule has 1 N–H and O–H groups in total. The largest absolute Gasteiger partial charge is 0.469 e. The van der Waals surface area contributed by atoms with E-state index >= 15 is 0 Å². The smallest absolute Gasteiger partial charge is 0.310 e. The fraction of sp³-hybridized carbons (Fsp3) is 0.562. The van der Waals surface area contributed by atoms with Gasteiger partial charge in [0.2, 0.25) is 0 Å². The summed E-state index contributed by atoms with van der Waals surface area (Å²) in [5.41, 5.74) is 0.932. The van der Waals surface area contributed by atoms with Crippen molar-refractivity contribution in [2.75, 3.05) is 7.11 Å². The van der Waals surface area contributed by atoms with E-state index in [1.807, 2.05) is 24.3 Å². The monoisotopic (exact) mass is 295 g/mol. The normalized spacial score (nSPS) is 26.2. The molecule has 110 valence electrons. The second-order valence-electron chi connectivity index (χ2n) is 5.72. The van der Waals surface area contributed by atoms with Crippen molar-refractivity contribution in [2.24, 2.45) is 5.92 Å². The summed E-state index contributed by atoms with van der Waals surface area (Å²) in [6, 6.07) is 7.80. The fourth-order valence-corrected chi connectivity index (χ4v) is 3.23. The quantitative estimate of drug-likeness (QED) is 0.863. The molecule has 0 amide bonds. The van der Waals surface area contributed by atoms with Gasteiger partial charge in [-0.3, -0.25) is 4.79 Å². The highest BCUT2D eigenvalue weighted by atomic mass is 35.5. The molecule has 0 radical (unpaired) electrons. The third-order valence-electron chi connectivity index (χ3n) is 4.28. The van der Waals surface area contributed by atoms with E-state index in [0.29, 0.717) is 6.54 Å². The van der Waals surface area contributed by atoms with Gasteiger partial charge in [0.05, 0.1) is 13.0 Å². The second-order valence-corrected chi connectivity index (χ2v) is 6.16. The molecular weight excluding hydrogens is 274 g/mol. The number of hydrogen-bond acceptors (Lipinski definition) is 3. The Morgan fingerprint density at radius 3 is 3.00 bits per heavy atom. The third kappa shape index (κ3) is 3.53. The van der Waals surface area contributed by atoms with Crippen molar-refractivity contribution in [2.45, 2.75) is 44.7 Å². The zero-order valence-electron chi connectivity index (χ0n) is 12.1. The predicted octanol–water partition coefficient (Wildman–Crippen LogP) is 3.55. The van der Waals surface area contributed by atoms with Crippen molar-refractivity contribution in [3.05, 3.63) is 34.9 Å². The Bertz CT molecular complexity index is 477. The Balaban J connectivity index is 2.06. The van der Waals surface area contributed by atoms with Gasteiger partial charge < -0.3 is 10.1 Å². The molecule has 2 atom stereocenters. The number of esters is 1. The Kier molecular flexibility index (Phi) is 5.06. The van der Waals surface area contributed by atoms with Crippen LogP contribution in [0, 0.1) is 5.92 Å². The van der Waals surface area contributed by atoms with E-state index in [1.54, 1.807) is 0 Å². The summed E-state index contributed by atoms with van der Waals surface area (Å²) in [7, 11) is 1.47. The Morgan fingerprint density at radius 2 is 2.30 bits per heavy atom. The van der Waals surface area contributed by atoms with Crippen LogP contribution in [0.5, 0.6) is 0 Å². The minimum absolute atomic E-state index is 0.0690. The molecule has 0 unspecified atom stereocenters. The molecule has 1 aliphatic carbocycles. The van der Waals surface area contributed by atoms with Gasteiger partial charge in [0, 0.05) is 17.1 Å². The maximum absolute atomic E-state index is 12.0. The molecule has 2 rings (SSSR count). The molecule has 0 heterocycles. The lowest BCUT2D eigenvalue weighted by atomic mass is 9.73. The van der Waals surface area contributed by atoms with Crippen molar-refractivity contribution < 1.29 is 9.53 Å². The molecule has 1 aromatic carbocycles. The van der Waals surface area contributed by atoms with Crippen molar-refractivity contribution in [1.29, 1.82) is 0 Å². The van der Waals surface area contributed by atoms with Crippen LogP contribution in [0.25, 0.3) is 0 Å². The van der Waals surface area contributed by atoms with Crippen LogP contribution in [0.15, 0.2) is 24.3 Å². The first-order valence-corrected chi connectivity index (χ1v) is 7.50. The van der Waals surface area contributed by atoms with Crippen molar-refractivity contribution in [1.82, 2.24) is 5.32 Å². The van der Waals surface area contributed by atoms with Crippen LogP contribution < -0.4 is 5.32 Å². The minimum atomic E-state index is -0.201. The molecule has 20 heavy (non-hydrogen) atoms. The van der Waals surface area contributed by atoms with E-state index in [2.05, 4.69) is 12.2 Å². The maximum atomic E-state index is 12.0. The van der Waals surface area contributed by atoms with Crippen molar-refractivity contribution in [3.63, 3.8) is 0 Å². The lowest BCUT2D eigenvalue weighted by Gasteiger charge is -2.40. The number of rotatable bonds is 4. The van der Waals surface area contributed by atoms with E-state index in [9.17, 15) is 4.79 Å². The standard InChI is InChI=1S/C16H22ClNO2/c1-16(9-4-3-8-14(16)15(19)20-2)18-11-12-6-5-7-13(17)10-12/h5-7,10,14,18H,3-4,8-9,11H2,1-2H3/t14-,16+/m1/s1. The van der Waals surface area contributed by atoms with Crippen molar-refractivity contribution in [3.8, 4) is 0 Å². The first-order valence-electron chi connectivity index (χ1n) is 7.12. The summed E-state index contributed by atoms with van der Waals surface area (Å²) in [6.45, 7) is 2.84. The Labute approximate surface area is 125 Å². The molecule has 0 saturated heterocycles. The van der Waals surface area contributed by atoms with Gasteiger partial charge in [-0.2, -0.15) is 0 Å². The van der Waals surface area contributed by atoms with E-state index in [1.165, 1.54) is 7.11 Å². The number of hydrogen-bond donors (Lipinski definition) is 1. The average molecular weight is 296 g/mol. The van der Waals surface area contributed by atoms with Crippen LogP contribution in [-0.4, -0.2) is 18.6 Å². The van der Waals surface area contributed by atoms with Gasteiger partial charge in [-0.15, -0.1) is 0 Å². The number of benzene rings is 1. The molecule has 0 aromatic heterocycles. The Morgan fingerprint density at radius 1 is 1.50 bits per heavy atom. The van der Waals surface area contributed by atoms with Crippen LogP contribution in [0.2, 0.25) is 5.02 Å². The van der Waals surface area contributed by atoms with E-state index in [0.717, 1.165) is 36.3 Å². The van der Waals surface area contributed by atoms with Gasteiger partial charge in [-0.1, -0.05) is 36.6 Å². The second kappa shape index (κ2) is 6.59. The predicted molar refractivity (Wildman–Crippen MR) is 80.7 cm³/mol. The lowest BCUT2D eigenvalue weighted by molar-refractivity contribution is -0.149. The molecule has 0 bridgehead atoms. The van der Waals surface area contributed by atoms with Crippen LogP contribution in [0.1, 0.15) is 38.2 Å². The number of halogens is 1. The molecule has 0 aliphatic heterocycles. The number of methoxy groups -OCH3 is 1. The zero-order chi connectivity index (χ0) is 14.6. The highest BCUT2D eigenvalue weighted by Crippen LogP contribution is 2.34. The lowest BCUT2D eigenvalue weighted by Crippen LogP contribution is -2.53. The third-order valence-corrected chi connectivity index (χ3v) is 4.51. The highest BCUT2D eigenvalue weighted by molar-refractivity contribution is 6.30. The highest BCUT2D eigenvalue weighted by Gasteiger charge is 2.41. The summed E-state index contributed by atoms with van der Waals surface area (Å²) < 4.78 is 4.96. The average Bonchev–Trinajstić information content (AvgIpc) is 2.45. The van der Waals surface area contributed by atoms with Gasteiger partial charge >= 0.3 is 5.97 Å². The maximum Gasteiger partial charge on any atom is 0.310 e. The molecule has 4 heteroatoms. The van der Waals surface area contributed by atoms with Gasteiger partial charge in [0.25, 0.3) is 0 Å². The molecule has 1 aromatic rings.